The van der Waals surface area contributed by atoms with Crippen LogP contribution in [0.3, 0.4) is 0 Å². The van der Waals surface area contributed by atoms with Gasteiger partial charge < -0.3 is 9.64 Å². The summed E-state index contributed by atoms with van der Waals surface area (Å²) in [5.41, 5.74) is 1.04. The molecule has 0 aromatic heterocycles. The van der Waals surface area contributed by atoms with Crippen LogP contribution in [0.1, 0.15) is 11.1 Å². The Hall–Kier alpha value is -1.93. The fourth-order valence-electron chi connectivity index (χ4n) is 2.14. The molecule has 1 amide bonds. The van der Waals surface area contributed by atoms with Gasteiger partial charge in [-0.3, -0.25) is 4.79 Å². The van der Waals surface area contributed by atoms with Crippen molar-refractivity contribution in [2.24, 2.45) is 0 Å². The van der Waals surface area contributed by atoms with E-state index in [1.807, 2.05) is 0 Å². The molecular weight excluding hydrogens is 316 g/mol. The Morgan fingerprint density at radius 2 is 1.82 bits per heavy atom. The van der Waals surface area contributed by atoms with Crippen molar-refractivity contribution in [1.29, 1.82) is 0 Å². The second-order valence-electron chi connectivity index (χ2n) is 4.81. The fraction of sp³-hybridized carbons (Fsp3) is 0.462. The summed E-state index contributed by atoms with van der Waals surface area (Å²) in [6, 6.07) is 3.97. The molecule has 22 heavy (non-hydrogen) atoms. The van der Waals surface area contributed by atoms with Crippen molar-refractivity contribution >= 4 is 5.91 Å². The van der Waals surface area contributed by atoms with Gasteiger partial charge in [0.1, 0.15) is 5.75 Å². The van der Waals surface area contributed by atoms with Gasteiger partial charge in [0.05, 0.1) is 0 Å². The molecule has 0 N–H and O–H groups in total. The second kappa shape index (κ2) is 5.69. The zero-order chi connectivity index (χ0) is 16.5. The number of hydrogen-bond acceptors (Lipinski definition) is 2. The molecule has 0 aliphatic carbocycles. The summed E-state index contributed by atoms with van der Waals surface area (Å²) < 4.78 is 77.9. The largest absolute Gasteiger partial charge is 0.484 e. The lowest BCUT2D eigenvalue weighted by Gasteiger charge is -2.29. The highest BCUT2D eigenvalue weighted by Crippen LogP contribution is 2.28. The van der Waals surface area contributed by atoms with E-state index in [0.29, 0.717) is 16.0 Å². The van der Waals surface area contributed by atoms with Gasteiger partial charge in [0.2, 0.25) is 0 Å². The highest BCUT2D eigenvalue weighted by atomic mass is 19.4. The number of amides is 1. The number of rotatable bonds is 2. The average Bonchev–Trinajstić information content (AvgIpc) is 2.41. The number of hydrogen-bond donors (Lipinski definition) is 0. The molecule has 1 heterocycles. The van der Waals surface area contributed by atoms with Crippen LogP contribution in [0.15, 0.2) is 18.2 Å². The highest BCUT2D eigenvalue weighted by molar-refractivity contribution is 5.82. The third-order valence-electron chi connectivity index (χ3n) is 3.12. The SMILES string of the molecule is O=C(N1CCc2cc(OCC(F)(F)F)ccc2C1)C(F)(F)F. The molecule has 3 nitrogen and oxygen atoms in total. The van der Waals surface area contributed by atoms with Gasteiger partial charge in [-0.15, -0.1) is 0 Å². The van der Waals surface area contributed by atoms with Gasteiger partial charge in [0.15, 0.2) is 6.61 Å². The van der Waals surface area contributed by atoms with E-state index in [9.17, 15) is 31.1 Å². The number of halogens is 6. The molecule has 0 unspecified atom stereocenters. The van der Waals surface area contributed by atoms with E-state index >= 15 is 0 Å². The Bertz CT molecular complexity index is 567. The molecule has 0 bridgehead atoms. The van der Waals surface area contributed by atoms with E-state index in [4.69, 9.17) is 0 Å². The first kappa shape index (κ1) is 16.4. The van der Waals surface area contributed by atoms with Crippen molar-refractivity contribution in [3.63, 3.8) is 0 Å². The number of carbonyl (C=O) groups excluding carboxylic acids is 1. The van der Waals surface area contributed by atoms with Crippen molar-refractivity contribution in [2.45, 2.75) is 25.3 Å². The number of alkyl halides is 6. The molecule has 0 fully saturated rings. The van der Waals surface area contributed by atoms with E-state index in [-0.39, 0.29) is 25.3 Å². The number of nitrogens with zero attached hydrogens (tertiary/aromatic N) is 1. The number of benzene rings is 1. The lowest BCUT2D eigenvalue weighted by molar-refractivity contribution is -0.186. The van der Waals surface area contributed by atoms with Gasteiger partial charge in [0, 0.05) is 13.1 Å². The molecule has 0 saturated carbocycles. The highest BCUT2D eigenvalue weighted by Gasteiger charge is 2.43. The summed E-state index contributed by atoms with van der Waals surface area (Å²) in [7, 11) is 0. The van der Waals surface area contributed by atoms with Crippen LogP contribution >= 0.6 is 0 Å². The molecule has 9 heteroatoms. The normalized spacial score (nSPS) is 15.5. The summed E-state index contributed by atoms with van der Waals surface area (Å²) in [5.74, 6) is -1.93. The molecule has 1 aliphatic heterocycles. The van der Waals surface area contributed by atoms with Crippen LogP contribution < -0.4 is 4.74 Å². The fourth-order valence-corrected chi connectivity index (χ4v) is 2.14. The van der Waals surface area contributed by atoms with E-state index < -0.39 is 24.9 Å². The molecule has 0 saturated heterocycles. The minimum atomic E-state index is -4.94. The van der Waals surface area contributed by atoms with E-state index in [2.05, 4.69) is 4.74 Å². The van der Waals surface area contributed by atoms with Crippen molar-refractivity contribution in [2.75, 3.05) is 13.2 Å². The molecule has 2 rings (SSSR count). The second-order valence-corrected chi connectivity index (χ2v) is 4.81. The molecule has 1 aromatic carbocycles. The summed E-state index contributed by atoms with van der Waals surface area (Å²) in [5, 5.41) is 0. The zero-order valence-corrected chi connectivity index (χ0v) is 11.1. The maximum atomic E-state index is 12.4. The first-order valence-electron chi connectivity index (χ1n) is 6.24. The van der Waals surface area contributed by atoms with Crippen LogP contribution in [-0.4, -0.2) is 36.3 Å². The Kier molecular flexibility index (Phi) is 4.25. The molecular formula is C13H11F6NO2. The van der Waals surface area contributed by atoms with Gasteiger partial charge in [-0.2, -0.15) is 26.3 Å². The number of carbonyl (C=O) groups is 1. The van der Waals surface area contributed by atoms with Crippen LogP contribution in [0.25, 0.3) is 0 Å². The van der Waals surface area contributed by atoms with Gasteiger partial charge in [-0.05, 0) is 29.7 Å². The van der Waals surface area contributed by atoms with Crippen LogP contribution in [0.2, 0.25) is 0 Å². The van der Waals surface area contributed by atoms with Gasteiger partial charge in [-0.25, -0.2) is 0 Å². The molecule has 1 aliphatic rings. The third kappa shape index (κ3) is 4.05. The Balaban J connectivity index is 2.07. The van der Waals surface area contributed by atoms with Gasteiger partial charge in [0.25, 0.3) is 0 Å². The van der Waals surface area contributed by atoms with Crippen molar-refractivity contribution in [3.8, 4) is 5.75 Å². The molecule has 0 spiro atoms. The van der Waals surface area contributed by atoms with E-state index in [1.54, 1.807) is 0 Å². The molecule has 122 valence electrons. The summed E-state index contributed by atoms with van der Waals surface area (Å²) in [6.45, 7) is -1.81. The van der Waals surface area contributed by atoms with Crippen LogP contribution in [0, 0.1) is 0 Å². The monoisotopic (exact) mass is 327 g/mol. The summed E-state index contributed by atoms with van der Waals surface area (Å²) in [6.07, 6.45) is -9.28. The van der Waals surface area contributed by atoms with Crippen LogP contribution in [-0.2, 0) is 17.8 Å². The first-order valence-corrected chi connectivity index (χ1v) is 6.24. The molecule has 1 aromatic rings. The van der Waals surface area contributed by atoms with Gasteiger partial charge >= 0.3 is 18.3 Å². The van der Waals surface area contributed by atoms with Crippen LogP contribution in [0.4, 0.5) is 26.3 Å². The minimum absolute atomic E-state index is 0.00771. The average molecular weight is 327 g/mol. The lowest BCUT2D eigenvalue weighted by Crippen LogP contribution is -2.43. The first-order chi connectivity index (χ1) is 10.1. The van der Waals surface area contributed by atoms with Crippen LogP contribution in [0.5, 0.6) is 5.75 Å². The Labute approximate surface area is 121 Å². The molecule has 0 radical (unpaired) electrons. The maximum absolute atomic E-state index is 12.4. The number of fused-ring (bicyclic) bond motifs is 1. The Morgan fingerprint density at radius 1 is 1.14 bits per heavy atom. The maximum Gasteiger partial charge on any atom is 0.471 e. The minimum Gasteiger partial charge on any atom is -0.484 e. The van der Waals surface area contributed by atoms with E-state index in [1.165, 1.54) is 18.2 Å². The lowest BCUT2D eigenvalue weighted by atomic mass is 9.99. The summed E-state index contributed by atoms with van der Waals surface area (Å²) >= 11 is 0. The Morgan fingerprint density at radius 3 is 2.41 bits per heavy atom. The third-order valence-corrected chi connectivity index (χ3v) is 3.12. The van der Waals surface area contributed by atoms with Crippen molar-refractivity contribution in [1.82, 2.24) is 4.90 Å². The predicted octanol–water partition coefficient (Wildman–Crippen LogP) is 3.07. The quantitative estimate of drug-likeness (QED) is 0.782. The standard InChI is InChI=1S/C13H11F6NO2/c14-12(15,16)7-22-10-2-1-9-6-20(4-3-8(9)5-10)11(21)13(17,18)19/h1-2,5H,3-4,6-7H2. The zero-order valence-electron chi connectivity index (χ0n) is 11.1. The van der Waals surface area contributed by atoms with E-state index in [0.717, 1.165) is 0 Å². The molecule has 0 atom stereocenters. The van der Waals surface area contributed by atoms with Crippen molar-refractivity contribution in [3.05, 3.63) is 29.3 Å². The smallest absolute Gasteiger partial charge is 0.471 e. The topological polar surface area (TPSA) is 29.5 Å². The summed E-state index contributed by atoms with van der Waals surface area (Å²) in [4.78, 5) is 11.8. The van der Waals surface area contributed by atoms with Gasteiger partial charge in [-0.1, -0.05) is 6.07 Å². The predicted molar refractivity (Wildman–Crippen MR) is 63.2 cm³/mol. The number of ether oxygens (including phenoxy) is 1. The van der Waals surface area contributed by atoms with Crippen molar-refractivity contribution < 1.29 is 35.9 Å².